The van der Waals surface area contributed by atoms with Crippen LogP contribution in [0.15, 0.2) is 22.8 Å². The number of carbonyl (C=O) groups is 1. The van der Waals surface area contributed by atoms with Crippen LogP contribution in [0.4, 0.5) is 4.79 Å². The van der Waals surface area contributed by atoms with E-state index in [4.69, 9.17) is 9.15 Å². The van der Waals surface area contributed by atoms with Crippen molar-refractivity contribution in [1.29, 1.82) is 0 Å². The minimum atomic E-state index is -0.0323. The van der Waals surface area contributed by atoms with Gasteiger partial charge < -0.3 is 19.4 Å². The monoisotopic (exact) mass is 295 g/mol. The Labute approximate surface area is 126 Å². The summed E-state index contributed by atoms with van der Waals surface area (Å²) in [6.45, 7) is 4.52. The van der Waals surface area contributed by atoms with Gasteiger partial charge >= 0.3 is 6.03 Å². The highest BCUT2D eigenvalue weighted by Gasteiger charge is 2.24. The van der Waals surface area contributed by atoms with Crippen LogP contribution in [0.5, 0.6) is 0 Å². The zero-order valence-corrected chi connectivity index (χ0v) is 13.0. The number of amides is 2. The highest BCUT2D eigenvalue weighted by atomic mass is 16.5. The van der Waals surface area contributed by atoms with Crippen LogP contribution in [0.25, 0.3) is 0 Å². The summed E-state index contributed by atoms with van der Waals surface area (Å²) in [6.07, 6.45) is 2.73. The first-order valence-electron chi connectivity index (χ1n) is 7.46. The fourth-order valence-corrected chi connectivity index (χ4v) is 2.47. The Morgan fingerprint density at radius 3 is 3.00 bits per heavy atom. The average Bonchev–Trinajstić information content (AvgIpc) is 3.01. The Balaban J connectivity index is 1.87. The lowest BCUT2D eigenvalue weighted by atomic mass is 10.2. The number of hydrogen-bond donors (Lipinski definition) is 1. The fourth-order valence-electron chi connectivity index (χ4n) is 2.47. The molecular formula is C15H25N3O3. The van der Waals surface area contributed by atoms with Gasteiger partial charge in [-0.2, -0.15) is 0 Å². The van der Waals surface area contributed by atoms with E-state index in [-0.39, 0.29) is 18.2 Å². The number of hydrogen-bond acceptors (Lipinski definition) is 4. The molecule has 0 radical (unpaired) electrons. The maximum atomic E-state index is 12.3. The number of nitrogens with zero attached hydrogens (tertiary/aromatic N) is 2. The van der Waals surface area contributed by atoms with E-state index in [0.717, 1.165) is 12.2 Å². The largest absolute Gasteiger partial charge is 0.468 e. The van der Waals surface area contributed by atoms with E-state index in [1.165, 1.54) is 0 Å². The molecule has 1 aliphatic rings. The van der Waals surface area contributed by atoms with Gasteiger partial charge in [-0.1, -0.05) is 6.92 Å². The molecule has 1 aromatic heterocycles. The molecule has 0 spiro atoms. The quantitative estimate of drug-likeness (QED) is 0.898. The normalized spacial score (nSPS) is 20.6. The molecule has 0 aromatic carbocycles. The van der Waals surface area contributed by atoms with E-state index in [0.29, 0.717) is 26.2 Å². The van der Waals surface area contributed by atoms with Gasteiger partial charge in [0.05, 0.1) is 25.0 Å². The average molecular weight is 295 g/mol. The molecule has 21 heavy (non-hydrogen) atoms. The molecule has 118 valence electrons. The molecule has 0 unspecified atom stereocenters. The van der Waals surface area contributed by atoms with Crippen molar-refractivity contribution >= 4 is 6.03 Å². The fraction of sp³-hybridized carbons (Fsp3) is 0.667. The summed E-state index contributed by atoms with van der Waals surface area (Å²) in [5, 5.41) is 3.00. The number of rotatable bonds is 5. The van der Waals surface area contributed by atoms with Crippen molar-refractivity contribution < 1.29 is 13.9 Å². The SMILES string of the molecule is CC[C@H]1CN(C(=O)NC[C@H](c2ccco2)N(C)C)CCO1. The molecule has 0 saturated carbocycles. The molecule has 6 heteroatoms. The van der Waals surface area contributed by atoms with Crippen LogP contribution in [0.1, 0.15) is 25.1 Å². The lowest BCUT2D eigenvalue weighted by Gasteiger charge is -2.33. The standard InChI is InChI=1S/C15H25N3O3/c1-4-12-11-18(7-9-20-12)15(19)16-10-13(17(2)3)14-6-5-8-21-14/h5-6,8,12-13H,4,7,9-11H2,1-3H3,(H,16,19)/t12-,13+/m0/s1. The Bertz CT molecular complexity index is 433. The zero-order chi connectivity index (χ0) is 15.2. The Hall–Kier alpha value is -1.53. The molecule has 0 bridgehead atoms. The minimum Gasteiger partial charge on any atom is -0.468 e. The first-order chi connectivity index (χ1) is 10.1. The third-order valence-electron chi connectivity index (χ3n) is 3.82. The highest BCUT2D eigenvalue weighted by Crippen LogP contribution is 2.17. The van der Waals surface area contributed by atoms with Crippen molar-refractivity contribution in [2.24, 2.45) is 0 Å². The van der Waals surface area contributed by atoms with E-state index >= 15 is 0 Å². The van der Waals surface area contributed by atoms with E-state index in [1.54, 1.807) is 6.26 Å². The summed E-state index contributed by atoms with van der Waals surface area (Å²) in [5.74, 6) is 0.855. The van der Waals surface area contributed by atoms with E-state index in [2.05, 4.69) is 12.2 Å². The molecule has 2 heterocycles. The van der Waals surface area contributed by atoms with Gasteiger partial charge in [0, 0.05) is 19.6 Å². The van der Waals surface area contributed by atoms with Crippen LogP contribution in [0.3, 0.4) is 0 Å². The lowest BCUT2D eigenvalue weighted by molar-refractivity contribution is -0.0155. The molecule has 1 aromatic rings. The maximum Gasteiger partial charge on any atom is 0.317 e. The summed E-state index contributed by atoms with van der Waals surface area (Å²) in [7, 11) is 3.95. The van der Waals surface area contributed by atoms with Crippen LogP contribution in [0, 0.1) is 0 Å². The summed E-state index contributed by atoms with van der Waals surface area (Å²) in [6, 6.07) is 3.79. The molecule has 1 saturated heterocycles. The summed E-state index contributed by atoms with van der Waals surface area (Å²) in [5.41, 5.74) is 0. The number of nitrogens with one attached hydrogen (secondary N) is 1. The van der Waals surface area contributed by atoms with Gasteiger partial charge in [-0.25, -0.2) is 4.79 Å². The second-order valence-corrected chi connectivity index (χ2v) is 5.53. The van der Waals surface area contributed by atoms with Crippen molar-refractivity contribution in [1.82, 2.24) is 15.1 Å². The smallest absolute Gasteiger partial charge is 0.317 e. The molecule has 1 N–H and O–H groups in total. The van der Waals surface area contributed by atoms with Gasteiger partial charge in [-0.15, -0.1) is 0 Å². The second-order valence-electron chi connectivity index (χ2n) is 5.53. The third-order valence-corrected chi connectivity index (χ3v) is 3.82. The molecule has 2 amide bonds. The topological polar surface area (TPSA) is 58.0 Å². The number of furan rings is 1. The van der Waals surface area contributed by atoms with Crippen LogP contribution < -0.4 is 5.32 Å². The number of morpholine rings is 1. The molecule has 2 atom stereocenters. The Kier molecular flexibility index (Phi) is 5.64. The van der Waals surface area contributed by atoms with Gasteiger partial charge in [-0.3, -0.25) is 4.90 Å². The first kappa shape index (κ1) is 15.9. The van der Waals surface area contributed by atoms with Crippen molar-refractivity contribution in [3.63, 3.8) is 0 Å². The van der Waals surface area contributed by atoms with Crippen LogP contribution in [-0.4, -0.2) is 62.3 Å². The Morgan fingerprint density at radius 2 is 2.38 bits per heavy atom. The van der Waals surface area contributed by atoms with Gasteiger partial charge in [0.1, 0.15) is 5.76 Å². The first-order valence-corrected chi connectivity index (χ1v) is 7.46. The van der Waals surface area contributed by atoms with Gasteiger partial charge in [0.25, 0.3) is 0 Å². The molecule has 1 aliphatic heterocycles. The number of urea groups is 1. The summed E-state index contributed by atoms with van der Waals surface area (Å²) < 4.78 is 11.0. The number of ether oxygens (including phenoxy) is 1. The lowest BCUT2D eigenvalue weighted by Crippen LogP contribution is -2.50. The van der Waals surface area contributed by atoms with Gasteiger partial charge in [0.15, 0.2) is 0 Å². The summed E-state index contributed by atoms with van der Waals surface area (Å²) in [4.78, 5) is 16.1. The van der Waals surface area contributed by atoms with Crippen molar-refractivity contribution in [3.05, 3.63) is 24.2 Å². The molecule has 1 fully saturated rings. The van der Waals surface area contributed by atoms with Crippen LogP contribution in [-0.2, 0) is 4.74 Å². The molecule has 0 aliphatic carbocycles. The number of carbonyl (C=O) groups excluding carboxylic acids is 1. The van der Waals surface area contributed by atoms with Crippen molar-refractivity contribution in [2.75, 3.05) is 40.3 Å². The molecule has 2 rings (SSSR count). The zero-order valence-electron chi connectivity index (χ0n) is 13.0. The predicted octanol–water partition coefficient (Wildman–Crippen LogP) is 1.70. The summed E-state index contributed by atoms with van der Waals surface area (Å²) >= 11 is 0. The van der Waals surface area contributed by atoms with E-state index < -0.39 is 0 Å². The van der Waals surface area contributed by atoms with E-state index in [1.807, 2.05) is 36.0 Å². The molecular weight excluding hydrogens is 270 g/mol. The van der Waals surface area contributed by atoms with Crippen molar-refractivity contribution in [3.8, 4) is 0 Å². The minimum absolute atomic E-state index is 0.0323. The number of likely N-dealkylation sites (N-methyl/N-ethyl adjacent to an activating group) is 1. The van der Waals surface area contributed by atoms with Crippen molar-refractivity contribution in [2.45, 2.75) is 25.5 Å². The predicted molar refractivity (Wildman–Crippen MR) is 80.1 cm³/mol. The third kappa shape index (κ3) is 4.22. The Morgan fingerprint density at radius 1 is 1.57 bits per heavy atom. The van der Waals surface area contributed by atoms with Crippen LogP contribution >= 0.6 is 0 Å². The van der Waals surface area contributed by atoms with Crippen LogP contribution in [0.2, 0.25) is 0 Å². The molecule has 6 nitrogen and oxygen atoms in total. The van der Waals surface area contributed by atoms with Gasteiger partial charge in [-0.05, 0) is 32.6 Å². The van der Waals surface area contributed by atoms with Gasteiger partial charge in [0.2, 0.25) is 0 Å². The van der Waals surface area contributed by atoms with E-state index in [9.17, 15) is 4.79 Å². The second kappa shape index (κ2) is 7.47. The maximum absolute atomic E-state index is 12.3. The highest BCUT2D eigenvalue weighted by molar-refractivity contribution is 5.74.